The summed E-state index contributed by atoms with van der Waals surface area (Å²) in [5.41, 5.74) is 1.43. The van der Waals surface area contributed by atoms with Gasteiger partial charge in [-0.2, -0.15) is 0 Å². The van der Waals surface area contributed by atoms with Crippen LogP contribution in [0.25, 0.3) is 0 Å². The minimum atomic E-state index is -3.48. The molecule has 0 heterocycles. The number of benzene rings is 2. The summed E-state index contributed by atoms with van der Waals surface area (Å²) in [4.78, 5) is 0.206. The fourth-order valence-electron chi connectivity index (χ4n) is 1.80. The van der Waals surface area contributed by atoms with Crippen molar-refractivity contribution >= 4 is 54.7 Å². The van der Waals surface area contributed by atoms with Crippen LogP contribution in [-0.2, 0) is 10.0 Å². The molecule has 2 rings (SSSR count). The van der Waals surface area contributed by atoms with Gasteiger partial charge in [0.1, 0.15) is 0 Å². The summed E-state index contributed by atoms with van der Waals surface area (Å²) in [6.45, 7) is 0. The topological polar surface area (TPSA) is 61.4 Å². The number of nitrogens with zero attached hydrogens (tertiary/aromatic N) is 1. The van der Waals surface area contributed by atoms with Crippen molar-refractivity contribution in [2.24, 2.45) is 0 Å². The Kier molecular flexibility index (Phi) is 5.74. The molecule has 2 aromatic carbocycles. The standard InChI is InChI=1S/C15H16BrN3O2S2/c1-19(2)23(20,21)14-8-4-7-13(10-14)18-15(22)17-12-6-3-5-11(16)9-12/h3-10H,1-2H3,(H2,17,18,22). The van der Waals surface area contributed by atoms with Gasteiger partial charge in [0.15, 0.2) is 5.11 Å². The van der Waals surface area contributed by atoms with Gasteiger partial charge in [0, 0.05) is 29.9 Å². The highest BCUT2D eigenvalue weighted by molar-refractivity contribution is 9.10. The summed E-state index contributed by atoms with van der Waals surface area (Å²) in [6.07, 6.45) is 0. The summed E-state index contributed by atoms with van der Waals surface area (Å²) >= 11 is 8.64. The Balaban J connectivity index is 2.13. The smallest absolute Gasteiger partial charge is 0.242 e. The summed E-state index contributed by atoms with van der Waals surface area (Å²) in [7, 11) is -0.486. The van der Waals surface area contributed by atoms with Gasteiger partial charge in [-0.3, -0.25) is 0 Å². The molecule has 5 nitrogen and oxygen atoms in total. The maximum absolute atomic E-state index is 12.1. The molecule has 23 heavy (non-hydrogen) atoms. The average molecular weight is 414 g/mol. The molecule has 122 valence electrons. The van der Waals surface area contributed by atoms with Crippen LogP contribution in [0.3, 0.4) is 0 Å². The third-order valence-electron chi connectivity index (χ3n) is 2.95. The van der Waals surface area contributed by atoms with Gasteiger partial charge >= 0.3 is 0 Å². The zero-order valence-electron chi connectivity index (χ0n) is 12.6. The molecule has 2 aromatic rings. The number of hydrogen-bond donors (Lipinski definition) is 2. The summed E-state index contributed by atoms with van der Waals surface area (Å²) in [5.74, 6) is 0. The van der Waals surface area contributed by atoms with Gasteiger partial charge in [-0.25, -0.2) is 12.7 Å². The molecular weight excluding hydrogens is 398 g/mol. The van der Waals surface area contributed by atoms with Gasteiger partial charge in [0.05, 0.1) is 4.90 Å². The molecule has 0 unspecified atom stereocenters. The molecule has 0 amide bonds. The second kappa shape index (κ2) is 7.39. The third-order valence-corrected chi connectivity index (χ3v) is 5.46. The van der Waals surface area contributed by atoms with Crippen LogP contribution in [0.15, 0.2) is 57.9 Å². The van der Waals surface area contributed by atoms with E-state index in [0.717, 1.165) is 10.2 Å². The number of nitrogens with one attached hydrogen (secondary N) is 2. The van der Waals surface area contributed by atoms with Crippen molar-refractivity contribution in [2.45, 2.75) is 4.90 Å². The molecule has 0 radical (unpaired) electrons. The summed E-state index contributed by atoms with van der Waals surface area (Å²) in [5, 5.41) is 6.40. The number of thiocarbonyl (C=S) groups is 1. The van der Waals surface area contributed by atoms with Crippen molar-refractivity contribution in [3.8, 4) is 0 Å². The van der Waals surface area contributed by atoms with Gasteiger partial charge in [-0.1, -0.05) is 28.1 Å². The Labute approximate surface area is 149 Å². The fourth-order valence-corrected chi connectivity index (χ4v) is 3.39. The molecule has 0 saturated carbocycles. The van der Waals surface area contributed by atoms with Crippen LogP contribution in [0.5, 0.6) is 0 Å². The van der Waals surface area contributed by atoms with Crippen LogP contribution in [0, 0.1) is 0 Å². The quantitative estimate of drug-likeness (QED) is 0.750. The largest absolute Gasteiger partial charge is 0.332 e. The van der Waals surface area contributed by atoms with Crippen LogP contribution >= 0.6 is 28.1 Å². The van der Waals surface area contributed by atoms with E-state index in [1.807, 2.05) is 24.3 Å². The number of rotatable bonds is 4. The molecule has 0 bridgehead atoms. The van der Waals surface area contributed by atoms with Crippen molar-refractivity contribution in [1.82, 2.24) is 4.31 Å². The SMILES string of the molecule is CN(C)S(=O)(=O)c1cccc(NC(=S)Nc2cccc(Br)c2)c1. The third kappa shape index (κ3) is 4.74. The molecule has 0 saturated heterocycles. The predicted molar refractivity (Wildman–Crippen MR) is 101 cm³/mol. The minimum Gasteiger partial charge on any atom is -0.332 e. The monoisotopic (exact) mass is 413 g/mol. The second-order valence-electron chi connectivity index (χ2n) is 4.90. The second-order valence-corrected chi connectivity index (χ2v) is 8.38. The normalized spacial score (nSPS) is 11.3. The van der Waals surface area contributed by atoms with Gasteiger partial charge < -0.3 is 10.6 Å². The molecule has 0 spiro atoms. The Bertz CT molecular complexity index is 823. The molecule has 0 aliphatic rings. The van der Waals surface area contributed by atoms with E-state index in [1.165, 1.54) is 18.4 Å². The number of sulfonamides is 1. The Morgan fingerprint density at radius 1 is 1.04 bits per heavy atom. The lowest BCUT2D eigenvalue weighted by Crippen LogP contribution is -2.23. The van der Waals surface area contributed by atoms with Crippen molar-refractivity contribution < 1.29 is 8.42 Å². The lowest BCUT2D eigenvalue weighted by atomic mass is 10.3. The van der Waals surface area contributed by atoms with E-state index in [4.69, 9.17) is 12.2 Å². The van der Waals surface area contributed by atoms with Crippen molar-refractivity contribution in [3.05, 3.63) is 53.0 Å². The maximum Gasteiger partial charge on any atom is 0.242 e. The Hall–Kier alpha value is -1.48. The molecule has 8 heteroatoms. The fraction of sp³-hybridized carbons (Fsp3) is 0.133. The first-order valence-electron chi connectivity index (χ1n) is 6.65. The van der Waals surface area contributed by atoms with Crippen LogP contribution in [0.1, 0.15) is 0 Å². The van der Waals surface area contributed by atoms with E-state index < -0.39 is 10.0 Å². The van der Waals surface area contributed by atoms with E-state index in [0.29, 0.717) is 10.8 Å². The lowest BCUT2D eigenvalue weighted by Gasteiger charge is -2.14. The molecule has 0 aliphatic heterocycles. The average Bonchev–Trinajstić information content (AvgIpc) is 2.47. The van der Waals surface area contributed by atoms with E-state index >= 15 is 0 Å². The van der Waals surface area contributed by atoms with E-state index in [-0.39, 0.29) is 4.90 Å². The maximum atomic E-state index is 12.1. The first-order valence-corrected chi connectivity index (χ1v) is 9.29. The number of anilines is 2. The summed E-state index contributed by atoms with van der Waals surface area (Å²) in [6, 6.07) is 14.1. The molecule has 0 atom stereocenters. The minimum absolute atomic E-state index is 0.206. The molecule has 0 fully saturated rings. The van der Waals surface area contributed by atoms with Crippen LogP contribution in [0.2, 0.25) is 0 Å². The van der Waals surface area contributed by atoms with Gasteiger partial charge in [0.25, 0.3) is 0 Å². The Morgan fingerprint density at radius 2 is 1.61 bits per heavy atom. The highest BCUT2D eigenvalue weighted by Crippen LogP contribution is 2.19. The van der Waals surface area contributed by atoms with E-state index in [9.17, 15) is 8.42 Å². The Morgan fingerprint density at radius 3 is 2.17 bits per heavy atom. The van der Waals surface area contributed by atoms with Crippen molar-refractivity contribution in [3.63, 3.8) is 0 Å². The molecular formula is C15H16BrN3O2S2. The highest BCUT2D eigenvalue weighted by atomic mass is 79.9. The van der Waals surface area contributed by atoms with E-state index in [1.54, 1.807) is 24.3 Å². The molecule has 2 N–H and O–H groups in total. The first-order chi connectivity index (χ1) is 10.8. The van der Waals surface area contributed by atoms with Gasteiger partial charge in [-0.05, 0) is 48.6 Å². The van der Waals surface area contributed by atoms with Crippen LogP contribution < -0.4 is 10.6 Å². The van der Waals surface area contributed by atoms with Gasteiger partial charge in [0.2, 0.25) is 10.0 Å². The van der Waals surface area contributed by atoms with E-state index in [2.05, 4.69) is 26.6 Å². The molecule has 0 aliphatic carbocycles. The molecule has 0 aromatic heterocycles. The van der Waals surface area contributed by atoms with Gasteiger partial charge in [-0.15, -0.1) is 0 Å². The summed E-state index contributed by atoms with van der Waals surface area (Å²) < 4.78 is 26.4. The predicted octanol–water partition coefficient (Wildman–Crippen LogP) is 3.51. The van der Waals surface area contributed by atoms with Crippen LogP contribution in [-0.4, -0.2) is 31.9 Å². The number of halogens is 1. The first kappa shape index (κ1) is 17.9. The zero-order valence-corrected chi connectivity index (χ0v) is 15.8. The van der Waals surface area contributed by atoms with Crippen molar-refractivity contribution in [1.29, 1.82) is 0 Å². The number of hydrogen-bond acceptors (Lipinski definition) is 3. The zero-order chi connectivity index (χ0) is 17.0. The highest BCUT2D eigenvalue weighted by Gasteiger charge is 2.17. The lowest BCUT2D eigenvalue weighted by molar-refractivity contribution is 0.521. The van der Waals surface area contributed by atoms with Crippen molar-refractivity contribution in [2.75, 3.05) is 24.7 Å². The van der Waals surface area contributed by atoms with Crippen LogP contribution in [0.4, 0.5) is 11.4 Å².